The number of para-hydroxylation sites is 1. The number of amides is 1. The summed E-state index contributed by atoms with van der Waals surface area (Å²) in [5.74, 6) is 0.354. The number of hydrogen-bond donors (Lipinski definition) is 1. The Balaban J connectivity index is 1.42. The van der Waals surface area contributed by atoms with Crippen molar-refractivity contribution in [2.24, 2.45) is 0 Å². The third-order valence-corrected chi connectivity index (χ3v) is 6.26. The van der Waals surface area contributed by atoms with E-state index in [-0.39, 0.29) is 5.91 Å². The zero-order chi connectivity index (χ0) is 19.8. The highest BCUT2D eigenvalue weighted by atomic mass is 32.2. The molecule has 6 nitrogen and oxygen atoms in total. The fraction of sp³-hybridized carbons (Fsp3) is 0.400. The van der Waals surface area contributed by atoms with Crippen molar-refractivity contribution in [2.75, 3.05) is 12.3 Å². The molecule has 0 bridgehead atoms. The Hall–Kier alpha value is -2.19. The summed E-state index contributed by atoms with van der Waals surface area (Å²) < 4.78 is 1.95. The summed E-state index contributed by atoms with van der Waals surface area (Å²) in [5.41, 5.74) is 3.37. The molecule has 1 aromatic carbocycles. The third kappa shape index (κ3) is 5.65. The maximum absolute atomic E-state index is 12.1. The first-order valence-electron chi connectivity index (χ1n) is 9.46. The highest BCUT2D eigenvalue weighted by Gasteiger charge is 2.12. The Morgan fingerprint density at radius 3 is 2.93 bits per heavy atom. The van der Waals surface area contributed by atoms with E-state index in [2.05, 4.69) is 44.9 Å². The van der Waals surface area contributed by atoms with E-state index in [1.165, 1.54) is 22.3 Å². The van der Waals surface area contributed by atoms with Gasteiger partial charge in [0.25, 0.3) is 0 Å². The molecule has 3 rings (SSSR count). The molecule has 0 atom stereocenters. The molecule has 2 aromatic heterocycles. The molecule has 1 N–H and O–H groups in total. The molecule has 2 heterocycles. The van der Waals surface area contributed by atoms with E-state index in [4.69, 9.17) is 0 Å². The second-order valence-electron chi connectivity index (χ2n) is 6.44. The summed E-state index contributed by atoms with van der Waals surface area (Å²) in [7, 11) is 0. The van der Waals surface area contributed by atoms with Crippen LogP contribution in [0.25, 0.3) is 5.69 Å². The van der Waals surface area contributed by atoms with Gasteiger partial charge in [0.1, 0.15) is 6.33 Å². The Bertz CT molecular complexity index is 905. The van der Waals surface area contributed by atoms with E-state index in [1.54, 1.807) is 17.7 Å². The number of carbonyl (C=O) groups excluding carboxylic acids is 1. The number of thiazole rings is 1. The van der Waals surface area contributed by atoms with E-state index < -0.39 is 0 Å². The van der Waals surface area contributed by atoms with Gasteiger partial charge in [0, 0.05) is 17.6 Å². The van der Waals surface area contributed by atoms with Crippen LogP contribution in [0.3, 0.4) is 0 Å². The largest absolute Gasteiger partial charge is 0.355 e. The molecule has 0 saturated carbocycles. The predicted molar refractivity (Wildman–Crippen MR) is 114 cm³/mol. The molecular weight excluding hydrogens is 390 g/mol. The molecule has 0 spiro atoms. The van der Waals surface area contributed by atoms with Crippen molar-refractivity contribution in [1.29, 1.82) is 0 Å². The van der Waals surface area contributed by atoms with Gasteiger partial charge in [0.2, 0.25) is 5.91 Å². The molecule has 28 heavy (non-hydrogen) atoms. The lowest BCUT2D eigenvalue weighted by atomic mass is 10.1. The summed E-state index contributed by atoms with van der Waals surface area (Å²) in [4.78, 5) is 16.6. The van der Waals surface area contributed by atoms with Crippen molar-refractivity contribution in [3.05, 3.63) is 52.2 Å². The lowest BCUT2D eigenvalue weighted by molar-refractivity contribution is -0.118. The number of aromatic nitrogens is 4. The van der Waals surface area contributed by atoms with Crippen LogP contribution in [0.1, 0.15) is 36.0 Å². The lowest BCUT2D eigenvalue weighted by Crippen LogP contribution is -2.26. The van der Waals surface area contributed by atoms with Crippen LogP contribution in [-0.4, -0.2) is 38.0 Å². The average Bonchev–Trinajstić information content (AvgIpc) is 3.34. The zero-order valence-electron chi connectivity index (χ0n) is 16.2. The highest BCUT2D eigenvalue weighted by Crippen LogP contribution is 2.22. The molecule has 0 unspecified atom stereocenters. The zero-order valence-corrected chi connectivity index (χ0v) is 17.9. The van der Waals surface area contributed by atoms with Crippen molar-refractivity contribution < 1.29 is 4.79 Å². The number of rotatable bonds is 10. The van der Waals surface area contributed by atoms with Crippen LogP contribution in [0.15, 0.2) is 41.1 Å². The molecule has 0 fully saturated rings. The molecule has 148 valence electrons. The molecule has 3 aromatic rings. The number of nitrogens with one attached hydrogen (secondary N) is 1. The van der Waals surface area contributed by atoms with E-state index >= 15 is 0 Å². The number of benzene rings is 1. The quantitative estimate of drug-likeness (QED) is 0.402. The van der Waals surface area contributed by atoms with Crippen molar-refractivity contribution in [1.82, 2.24) is 25.1 Å². The molecule has 0 radical (unpaired) electrons. The van der Waals surface area contributed by atoms with Gasteiger partial charge >= 0.3 is 0 Å². The Morgan fingerprint density at radius 2 is 2.14 bits per heavy atom. The van der Waals surface area contributed by atoms with Gasteiger partial charge in [0.15, 0.2) is 5.16 Å². The van der Waals surface area contributed by atoms with E-state index in [9.17, 15) is 4.79 Å². The lowest BCUT2D eigenvalue weighted by Gasteiger charge is -2.10. The molecule has 0 aliphatic heterocycles. The number of carbonyl (C=O) groups is 1. The normalized spacial score (nSPS) is 10.9. The van der Waals surface area contributed by atoms with Gasteiger partial charge in [-0.3, -0.25) is 9.36 Å². The predicted octanol–water partition coefficient (Wildman–Crippen LogP) is 3.83. The maximum atomic E-state index is 12.1. The van der Waals surface area contributed by atoms with Crippen LogP contribution >= 0.6 is 23.1 Å². The van der Waals surface area contributed by atoms with Gasteiger partial charge in [-0.2, -0.15) is 0 Å². The van der Waals surface area contributed by atoms with Gasteiger partial charge in [-0.25, -0.2) is 4.98 Å². The summed E-state index contributed by atoms with van der Waals surface area (Å²) in [5, 5.41) is 15.2. The van der Waals surface area contributed by atoms with Crippen molar-refractivity contribution >= 4 is 29.0 Å². The molecule has 0 saturated heterocycles. The van der Waals surface area contributed by atoms with Crippen LogP contribution in [0.2, 0.25) is 0 Å². The van der Waals surface area contributed by atoms with Gasteiger partial charge in [-0.05, 0) is 44.2 Å². The number of thioether (sulfide) groups is 1. The second-order valence-corrected chi connectivity index (χ2v) is 8.33. The van der Waals surface area contributed by atoms with Crippen molar-refractivity contribution in [3.63, 3.8) is 0 Å². The summed E-state index contributed by atoms with van der Waals surface area (Å²) in [6, 6.07) is 8.19. The smallest absolute Gasteiger partial charge is 0.230 e. The SMILES string of the molecule is CCc1ccccc1-n1cnnc1SCC(=O)NCCCCc1nc(C)cs1. The summed E-state index contributed by atoms with van der Waals surface area (Å²) >= 11 is 3.11. The first-order valence-corrected chi connectivity index (χ1v) is 11.3. The van der Waals surface area contributed by atoms with Crippen LogP contribution in [0.5, 0.6) is 0 Å². The van der Waals surface area contributed by atoms with Crippen LogP contribution in [-0.2, 0) is 17.6 Å². The van der Waals surface area contributed by atoms with Gasteiger partial charge < -0.3 is 5.32 Å². The molecule has 0 aliphatic rings. The van der Waals surface area contributed by atoms with E-state index in [0.29, 0.717) is 12.3 Å². The molecule has 1 amide bonds. The molecule has 8 heteroatoms. The number of nitrogens with zero attached hydrogens (tertiary/aromatic N) is 4. The third-order valence-electron chi connectivity index (χ3n) is 4.29. The number of unbranched alkanes of at least 4 members (excludes halogenated alkanes) is 1. The Morgan fingerprint density at radius 1 is 1.29 bits per heavy atom. The highest BCUT2D eigenvalue weighted by molar-refractivity contribution is 7.99. The number of aryl methyl sites for hydroxylation is 3. The van der Waals surface area contributed by atoms with Gasteiger partial charge in [-0.1, -0.05) is 36.9 Å². The van der Waals surface area contributed by atoms with Crippen LogP contribution in [0.4, 0.5) is 0 Å². The monoisotopic (exact) mass is 415 g/mol. The fourth-order valence-corrected chi connectivity index (χ4v) is 4.43. The van der Waals surface area contributed by atoms with Crippen molar-refractivity contribution in [3.8, 4) is 5.69 Å². The summed E-state index contributed by atoms with van der Waals surface area (Å²) in [6.07, 6.45) is 5.59. The minimum Gasteiger partial charge on any atom is -0.355 e. The first-order chi connectivity index (χ1) is 13.7. The Labute approximate surface area is 173 Å². The van der Waals surface area contributed by atoms with Crippen LogP contribution in [0, 0.1) is 6.92 Å². The average molecular weight is 416 g/mol. The minimum atomic E-state index is 0.0217. The topological polar surface area (TPSA) is 72.7 Å². The maximum Gasteiger partial charge on any atom is 0.230 e. The van der Waals surface area contributed by atoms with Crippen molar-refractivity contribution in [2.45, 2.75) is 44.7 Å². The second kappa shape index (κ2) is 10.4. The minimum absolute atomic E-state index is 0.0217. The number of hydrogen-bond acceptors (Lipinski definition) is 6. The van der Waals surface area contributed by atoms with Gasteiger partial charge in [-0.15, -0.1) is 21.5 Å². The molecular formula is C20H25N5OS2. The van der Waals surface area contributed by atoms with E-state index in [1.807, 2.05) is 23.6 Å². The van der Waals surface area contributed by atoms with Gasteiger partial charge in [0.05, 0.1) is 16.4 Å². The van der Waals surface area contributed by atoms with E-state index in [0.717, 1.165) is 42.2 Å². The molecule has 0 aliphatic carbocycles. The Kier molecular flexibility index (Phi) is 7.62. The first kappa shape index (κ1) is 20.5. The standard InChI is InChI=1S/C20H25N5OS2/c1-3-16-8-4-5-9-17(16)25-14-22-24-20(25)28-13-18(26)21-11-7-6-10-19-23-15(2)12-27-19/h4-5,8-9,12,14H,3,6-7,10-11,13H2,1-2H3,(H,21,26). The summed E-state index contributed by atoms with van der Waals surface area (Å²) in [6.45, 7) is 4.83. The fourth-order valence-electron chi connectivity index (χ4n) is 2.86. The van der Waals surface area contributed by atoms with Crippen LogP contribution < -0.4 is 5.32 Å².